The van der Waals surface area contributed by atoms with Gasteiger partial charge in [0.1, 0.15) is 5.00 Å². The molecule has 1 aliphatic carbocycles. The van der Waals surface area contributed by atoms with Crippen molar-refractivity contribution < 1.29 is 33.4 Å². The molecule has 3 amide bonds. The standard InChI is InChI=1S/C48H60N4O7S/c1-6-39(7-2)52(30-29-51(4)42(53)27-28-43(54)59-8-3)32-35-15-12-16-37(31-35)45(55)50-47-44(40-17-9-10-18-41(40)60-47)46(56)49-38-25-21-34(22-26-38)14-11-13-33-19-23-36(24-20-33)48(57)58-5/h12,15-16,19-26,31,39H,6-11,13-14,17-18,27-30,32H2,1-5H3,(H,49,56)(H,50,55). The predicted octanol–water partition coefficient (Wildman–Crippen LogP) is 8.89. The van der Waals surface area contributed by atoms with Gasteiger partial charge in [0.05, 0.1) is 31.3 Å². The lowest BCUT2D eigenvalue weighted by Crippen LogP contribution is -2.41. The van der Waals surface area contributed by atoms with E-state index >= 15 is 0 Å². The molecule has 0 saturated heterocycles. The number of fused-ring (bicyclic) bond motifs is 1. The number of rotatable bonds is 21. The van der Waals surface area contributed by atoms with Crippen LogP contribution in [0.3, 0.4) is 0 Å². The smallest absolute Gasteiger partial charge is 0.337 e. The number of amides is 3. The van der Waals surface area contributed by atoms with Crippen LogP contribution in [0.25, 0.3) is 0 Å². The molecule has 0 saturated carbocycles. The molecular weight excluding hydrogens is 777 g/mol. The van der Waals surface area contributed by atoms with E-state index in [1.807, 2.05) is 54.6 Å². The molecule has 0 spiro atoms. The van der Waals surface area contributed by atoms with E-state index in [4.69, 9.17) is 9.47 Å². The number of anilines is 2. The molecular formula is C48H60N4O7S. The summed E-state index contributed by atoms with van der Waals surface area (Å²) in [6.45, 7) is 8.10. The molecule has 0 bridgehead atoms. The van der Waals surface area contributed by atoms with E-state index < -0.39 is 0 Å². The van der Waals surface area contributed by atoms with Crippen LogP contribution < -0.4 is 10.6 Å². The average molecular weight is 837 g/mol. The number of likely N-dealkylation sites (N-methyl/N-ethyl adjacent to an activating group) is 1. The van der Waals surface area contributed by atoms with E-state index in [9.17, 15) is 24.0 Å². The Hall–Kier alpha value is -5.33. The van der Waals surface area contributed by atoms with Crippen molar-refractivity contribution in [3.05, 3.63) is 117 Å². The average Bonchev–Trinajstić information content (AvgIpc) is 3.63. The lowest BCUT2D eigenvalue weighted by Gasteiger charge is -2.32. The highest BCUT2D eigenvalue weighted by molar-refractivity contribution is 7.17. The molecule has 0 fully saturated rings. The summed E-state index contributed by atoms with van der Waals surface area (Å²) in [5, 5.41) is 6.79. The fourth-order valence-corrected chi connectivity index (χ4v) is 9.00. The number of hydrogen-bond acceptors (Lipinski definition) is 9. The van der Waals surface area contributed by atoms with E-state index in [0.29, 0.717) is 53.6 Å². The summed E-state index contributed by atoms with van der Waals surface area (Å²) in [4.78, 5) is 69.3. The van der Waals surface area contributed by atoms with E-state index in [2.05, 4.69) is 29.4 Å². The summed E-state index contributed by atoms with van der Waals surface area (Å²) in [6, 6.07) is 23.3. The zero-order valence-corrected chi connectivity index (χ0v) is 36.6. The topological polar surface area (TPSA) is 134 Å². The van der Waals surface area contributed by atoms with Crippen molar-refractivity contribution in [2.45, 2.75) is 104 Å². The Morgan fingerprint density at radius 1 is 0.767 bits per heavy atom. The van der Waals surface area contributed by atoms with Gasteiger partial charge in [-0.25, -0.2) is 4.79 Å². The fourth-order valence-electron chi connectivity index (χ4n) is 7.72. The molecule has 0 atom stereocenters. The minimum absolute atomic E-state index is 0.0672. The third kappa shape index (κ3) is 12.8. The molecule has 0 radical (unpaired) electrons. The molecule has 320 valence electrons. The van der Waals surface area contributed by atoms with Gasteiger partial charge < -0.3 is 25.0 Å². The van der Waals surface area contributed by atoms with Crippen molar-refractivity contribution in [2.75, 3.05) is 44.5 Å². The first-order valence-electron chi connectivity index (χ1n) is 21.3. The van der Waals surface area contributed by atoms with E-state index in [-0.39, 0.29) is 48.5 Å². The lowest BCUT2D eigenvalue weighted by atomic mass is 9.95. The summed E-state index contributed by atoms with van der Waals surface area (Å²) in [6.07, 6.45) is 8.46. The zero-order chi connectivity index (χ0) is 43.0. The molecule has 1 aromatic heterocycles. The molecule has 1 aliphatic rings. The number of aryl methyl sites for hydroxylation is 3. The quantitative estimate of drug-likeness (QED) is 0.0796. The Balaban J connectivity index is 1.21. The molecule has 12 heteroatoms. The highest BCUT2D eigenvalue weighted by atomic mass is 32.1. The molecule has 0 unspecified atom stereocenters. The fraction of sp³-hybridized carbons (Fsp3) is 0.438. The van der Waals surface area contributed by atoms with Gasteiger partial charge in [0.25, 0.3) is 11.8 Å². The number of carbonyl (C=O) groups excluding carboxylic acids is 5. The highest BCUT2D eigenvalue weighted by Gasteiger charge is 2.27. The first-order valence-corrected chi connectivity index (χ1v) is 22.1. The Kier molecular flexibility index (Phi) is 17.4. The van der Waals surface area contributed by atoms with Gasteiger partial charge in [0, 0.05) is 55.3 Å². The van der Waals surface area contributed by atoms with E-state index in [0.717, 1.165) is 84.9 Å². The number of hydrogen-bond donors (Lipinski definition) is 2. The van der Waals surface area contributed by atoms with Gasteiger partial charge in [-0.3, -0.25) is 24.1 Å². The summed E-state index contributed by atoms with van der Waals surface area (Å²) >= 11 is 1.50. The number of methoxy groups -OCH3 is 1. The number of benzene rings is 3. The molecule has 2 N–H and O–H groups in total. The van der Waals surface area contributed by atoms with Crippen LogP contribution in [0.15, 0.2) is 72.8 Å². The number of esters is 2. The number of nitrogens with zero attached hydrogens (tertiary/aromatic N) is 2. The molecule has 0 aliphatic heterocycles. The summed E-state index contributed by atoms with van der Waals surface area (Å²) in [5.41, 5.74) is 6.60. The van der Waals surface area contributed by atoms with E-state index in [1.165, 1.54) is 18.4 Å². The molecule has 4 aromatic rings. The van der Waals surface area contributed by atoms with Gasteiger partial charge in [-0.2, -0.15) is 0 Å². The Labute approximate surface area is 358 Å². The second kappa shape index (κ2) is 22.9. The second-order valence-electron chi connectivity index (χ2n) is 15.3. The van der Waals surface area contributed by atoms with Gasteiger partial charge in [0.15, 0.2) is 0 Å². The maximum Gasteiger partial charge on any atom is 0.337 e. The van der Waals surface area contributed by atoms with E-state index in [1.54, 1.807) is 37.1 Å². The van der Waals surface area contributed by atoms with Gasteiger partial charge in [-0.15, -0.1) is 11.3 Å². The predicted molar refractivity (Wildman–Crippen MR) is 238 cm³/mol. The van der Waals surface area contributed by atoms with Crippen LogP contribution in [0.2, 0.25) is 0 Å². The molecule has 5 rings (SSSR count). The van der Waals surface area contributed by atoms with Crippen molar-refractivity contribution >= 4 is 51.7 Å². The minimum atomic E-state index is -0.367. The maximum atomic E-state index is 14.0. The number of nitrogens with one attached hydrogen (secondary N) is 2. The van der Waals surface area contributed by atoms with Crippen molar-refractivity contribution in [2.24, 2.45) is 0 Å². The number of ether oxygens (including phenoxy) is 2. The summed E-state index contributed by atoms with van der Waals surface area (Å²) < 4.78 is 9.76. The molecule has 1 heterocycles. The summed E-state index contributed by atoms with van der Waals surface area (Å²) in [7, 11) is 3.14. The molecule has 11 nitrogen and oxygen atoms in total. The van der Waals surface area contributed by atoms with Gasteiger partial charge in [0.2, 0.25) is 5.91 Å². The van der Waals surface area contributed by atoms with Gasteiger partial charge in [-0.05, 0) is 123 Å². The van der Waals surface area contributed by atoms with Crippen molar-refractivity contribution in [1.82, 2.24) is 9.80 Å². The van der Waals surface area contributed by atoms with Crippen LogP contribution in [0.4, 0.5) is 10.7 Å². The first-order chi connectivity index (χ1) is 29.0. The van der Waals surface area contributed by atoms with Crippen molar-refractivity contribution in [1.29, 1.82) is 0 Å². The lowest BCUT2D eigenvalue weighted by molar-refractivity contribution is -0.145. The van der Waals surface area contributed by atoms with Crippen LogP contribution in [0.1, 0.15) is 124 Å². The minimum Gasteiger partial charge on any atom is -0.466 e. The Morgan fingerprint density at radius 3 is 2.12 bits per heavy atom. The maximum absolute atomic E-state index is 14.0. The highest BCUT2D eigenvalue weighted by Crippen LogP contribution is 2.39. The van der Waals surface area contributed by atoms with Gasteiger partial charge in [-0.1, -0.05) is 50.2 Å². The second-order valence-corrected chi connectivity index (χ2v) is 16.4. The third-order valence-corrected chi connectivity index (χ3v) is 12.4. The Morgan fingerprint density at radius 2 is 1.45 bits per heavy atom. The third-order valence-electron chi connectivity index (χ3n) is 11.2. The number of thiophene rings is 1. The summed E-state index contributed by atoms with van der Waals surface area (Å²) in [5.74, 6) is -1.31. The SMILES string of the molecule is CCOC(=O)CCC(=O)N(C)CCN(Cc1cccc(C(=O)Nc2sc3c(c2C(=O)Nc2ccc(CCCc4ccc(C(=O)OC)cc4)cc2)CCCC3)c1)C(CC)CC. The van der Waals surface area contributed by atoms with Crippen LogP contribution in [0.5, 0.6) is 0 Å². The normalized spacial score (nSPS) is 12.2. The van der Waals surface area contributed by atoms with Crippen LogP contribution >= 0.6 is 11.3 Å². The zero-order valence-electron chi connectivity index (χ0n) is 35.8. The van der Waals surface area contributed by atoms with Crippen molar-refractivity contribution in [3.8, 4) is 0 Å². The van der Waals surface area contributed by atoms with Gasteiger partial charge >= 0.3 is 11.9 Å². The largest absolute Gasteiger partial charge is 0.466 e. The molecule has 3 aromatic carbocycles. The number of carbonyl (C=O) groups is 5. The monoisotopic (exact) mass is 836 g/mol. The first kappa shape index (κ1) is 45.7. The molecule has 60 heavy (non-hydrogen) atoms. The van der Waals surface area contributed by atoms with Crippen LogP contribution in [-0.2, 0) is 51.3 Å². The Bertz CT molecular complexity index is 2070. The van der Waals surface area contributed by atoms with Crippen LogP contribution in [0, 0.1) is 0 Å². The van der Waals surface area contributed by atoms with Crippen molar-refractivity contribution in [3.63, 3.8) is 0 Å². The van der Waals surface area contributed by atoms with Crippen LogP contribution in [-0.4, -0.2) is 79.4 Å².